The summed E-state index contributed by atoms with van der Waals surface area (Å²) in [5, 5.41) is 15.9. The average molecular weight is 416 g/mol. The van der Waals surface area contributed by atoms with Gasteiger partial charge < -0.3 is 5.32 Å². The van der Waals surface area contributed by atoms with Crippen LogP contribution in [0.1, 0.15) is 16.7 Å². The molecule has 148 valence electrons. The zero-order chi connectivity index (χ0) is 21.1. The molecule has 0 fully saturated rings. The first-order valence-electron chi connectivity index (χ1n) is 9.05. The third kappa shape index (κ3) is 3.66. The Morgan fingerprint density at radius 2 is 1.73 bits per heavy atom. The molecule has 0 aliphatic carbocycles. The molecule has 3 aromatic rings. The number of anilines is 1. The normalized spacial score (nSPS) is 14.2. The van der Waals surface area contributed by atoms with Crippen molar-refractivity contribution in [3.63, 3.8) is 0 Å². The quantitative estimate of drug-likeness (QED) is 0.706. The van der Waals surface area contributed by atoms with Gasteiger partial charge in [0.2, 0.25) is 5.91 Å². The summed E-state index contributed by atoms with van der Waals surface area (Å²) in [6.45, 7) is -0.496. The Hall–Kier alpha value is -3.96. The van der Waals surface area contributed by atoms with E-state index in [0.29, 0.717) is 22.5 Å². The van der Waals surface area contributed by atoms with E-state index in [-0.39, 0.29) is 4.90 Å². The molecule has 3 aromatic carbocycles. The molecule has 1 aliphatic heterocycles. The molecule has 0 aromatic heterocycles. The zero-order valence-corrected chi connectivity index (χ0v) is 16.5. The molecule has 7 nitrogen and oxygen atoms in total. The maximum absolute atomic E-state index is 13.1. The van der Waals surface area contributed by atoms with Crippen LogP contribution in [0, 0.1) is 11.3 Å². The monoisotopic (exact) mass is 416 g/mol. The van der Waals surface area contributed by atoms with Crippen molar-refractivity contribution in [2.45, 2.75) is 4.90 Å². The molecule has 1 amide bonds. The number of rotatable bonds is 4. The van der Waals surface area contributed by atoms with E-state index in [1.165, 1.54) is 12.1 Å². The van der Waals surface area contributed by atoms with Gasteiger partial charge in [-0.1, -0.05) is 54.6 Å². The summed E-state index contributed by atoms with van der Waals surface area (Å²) in [6, 6.07) is 24.1. The van der Waals surface area contributed by atoms with E-state index in [1.54, 1.807) is 36.4 Å². The first-order chi connectivity index (χ1) is 14.5. The van der Waals surface area contributed by atoms with Crippen molar-refractivity contribution in [3.05, 3.63) is 95.6 Å². The molecule has 0 saturated heterocycles. The SMILES string of the molecule is N#Cc1cccc(NC(=O)CN2N=C(c3ccccc3)c3ccccc3S2(=O)=O)c1. The van der Waals surface area contributed by atoms with Gasteiger partial charge >= 0.3 is 0 Å². The van der Waals surface area contributed by atoms with Crippen LogP contribution in [0.4, 0.5) is 5.69 Å². The summed E-state index contributed by atoms with van der Waals surface area (Å²) < 4.78 is 26.9. The Morgan fingerprint density at radius 1 is 1.00 bits per heavy atom. The van der Waals surface area contributed by atoms with Crippen molar-refractivity contribution in [2.75, 3.05) is 11.9 Å². The summed E-state index contributed by atoms with van der Waals surface area (Å²) in [5.41, 5.74) is 2.49. The third-order valence-corrected chi connectivity index (χ3v) is 6.19. The lowest BCUT2D eigenvalue weighted by Gasteiger charge is -2.26. The van der Waals surface area contributed by atoms with Crippen molar-refractivity contribution < 1.29 is 13.2 Å². The van der Waals surface area contributed by atoms with E-state index in [1.807, 2.05) is 36.4 Å². The number of nitriles is 1. The van der Waals surface area contributed by atoms with Gasteiger partial charge in [0.05, 0.1) is 16.5 Å². The fourth-order valence-corrected chi connectivity index (χ4v) is 4.54. The van der Waals surface area contributed by atoms with E-state index < -0.39 is 22.5 Å². The van der Waals surface area contributed by atoms with Gasteiger partial charge in [-0.2, -0.15) is 23.2 Å². The molecule has 8 heteroatoms. The minimum atomic E-state index is -3.99. The van der Waals surface area contributed by atoms with Crippen LogP contribution in [0.25, 0.3) is 0 Å². The molecule has 0 radical (unpaired) electrons. The number of hydrogen-bond donors (Lipinski definition) is 1. The largest absolute Gasteiger partial charge is 0.324 e. The summed E-state index contributed by atoms with van der Waals surface area (Å²) in [4.78, 5) is 12.6. The van der Waals surface area contributed by atoms with Crippen LogP contribution in [-0.2, 0) is 14.8 Å². The average Bonchev–Trinajstić information content (AvgIpc) is 2.76. The lowest BCUT2D eigenvalue weighted by molar-refractivity contribution is -0.116. The van der Waals surface area contributed by atoms with Gasteiger partial charge in [0, 0.05) is 16.8 Å². The van der Waals surface area contributed by atoms with Crippen LogP contribution in [0.3, 0.4) is 0 Å². The highest BCUT2D eigenvalue weighted by Crippen LogP contribution is 2.28. The molecule has 0 unspecified atom stereocenters. The van der Waals surface area contributed by atoms with E-state index in [0.717, 1.165) is 9.98 Å². The smallest absolute Gasteiger partial charge is 0.280 e. The number of nitrogens with zero attached hydrogens (tertiary/aromatic N) is 3. The van der Waals surface area contributed by atoms with Gasteiger partial charge in [0.1, 0.15) is 12.3 Å². The molecule has 1 N–H and O–H groups in total. The number of benzene rings is 3. The second kappa shape index (κ2) is 7.81. The second-order valence-electron chi connectivity index (χ2n) is 6.54. The van der Waals surface area contributed by atoms with Crippen LogP contribution in [0.5, 0.6) is 0 Å². The molecule has 0 spiro atoms. The molecule has 0 bridgehead atoms. The number of sulfonamides is 1. The van der Waals surface area contributed by atoms with Crippen molar-refractivity contribution in [1.82, 2.24) is 4.41 Å². The Kier molecular flexibility index (Phi) is 5.04. The molecular formula is C22H16N4O3S. The fourth-order valence-electron chi connectivity index (χ4n) is 3.14. The van der Waals surface area contributed by atoms with Crippen LogP contribution >= 0.6 is 0 Å². The van der Waals surface area contributed by atoms with Crippen molar-refractivity contribution in [1.29, 1.82) is 5.26 Å². The first-order valence-corrected chi connectivity index (χ1v) is 10.5. The predicted octanol–water partition coefficient (Wildman–Crippen LogP) is 2.95. The summed E-state index contributed by atoms with van der Waals surface area (Å²) in [6.07, 6.45) is 0. The molecule has 1 aliphatic rings. The van der Waals surface area contributed by atoms with Gasteiger partial charge in [-0.15, -0.1) is 0 Å². The highest BCUT2D eigenvalue weighted by Gasteiger charge is 2.34. The number of carbonyl (C=O) groups excluding carboxylic acids is 1. The maximum atomic E-state index is 13.1. The van der Waals surface area contributed by atoms with Crippen molar-refractivity contribution in [2.24, 2.45) is 5.10 Å². The predicted molar refractivity (Wildman–Crippen MR) is 112 cm³/mol. The minimum Gasteiger partial charge on any atom is -0.324 e. The van der Waals surface area contributed by atoms with Gasteiger partial charge in [0.15, 0.2) is 0 Å². The number of hydrogen-bond acceptors (Lipinski definition) is 5. The number of fused-ring (bicyclic) bond motifs is 1. The van der Waals surface area contributed by atoms with Gasteiger partial charge in [-0.05, 0) is 24.3 Å². The Morgan fingerprint density at radius 3 is 2.50 bits per heavy atom. The second-order valence-corrected chi connectivity index (χ2v) is 8.35. The van der Waals surface area contributed by atoms with E-state index in [2.05, 4.69) is 10.4 Å². The number of amides is 1. The van der Waals surface area contributed by atoms with E-state index >= 15 is 0 Å². The molecule has 0 atom stereocenters. The summed E-state index contributed by atoms with van der Waals surface area (Å²) >= 11 is 0. The molecule has 4 rings (SSSR count). The summed E-state index contributed by atoms with van der Waals surface area (Å²) in [7, 11) is -3.99. The number of carbonyl (C=O) groups is 1. The Bertz CT molecular complexity index is 1300. The number of nitrogens with one attached hydrogen (secondary N) is 1. The van der Waals surface area contributed by atoms with Gasteiger partial charge in [-0.25, -0.2) is 0 Å². The lowest BCUT2D eigenvalue weighted by atomic mass is 10.0. The first kappa shape index (κ1) is 19.4. The van der Waals surface area contributed by atoms with Crippen molar-refractivity contribution in [3.8, 4) is 6.07 Å². The minimum absolute atomic E-state index is 0.0955. The number of hydrazone groups is 1. The van der Waals surface area contributed by atoms with Crippen LogP contribution in [-0.4, -0.2) is 31.0 Å². The van der Waals surface area contributed by atoms with Gasteiger partial charge in [-0.3, -0.25) is 4.79 Å². The molecular weight excluding hydrogens is 400 g/mol. The van der Waals surface area contributed by atoms with Crippen molar-refractivity contribution >= 4 is 27.3 Å². The van der Waals surface area contributed by atoms with Crippen LogP contribution < -0.4 is 5.32 Å². The topological polar surface area (TPSA) is 103 Å². The lowest BCUT2D eigenvalue weighted by Crippen LogP contribution is -2.38. The maximum Gasteiger partial charge on any atom is 0.280 e. The van der Waals surface area contributed by atoms with Crippen LogP contribution in [0.15, 0.2) is 88.9 Å². The summed E-state index contributed by atoms with van der Waals surface area (Å²) in [5.74, 6) is -0.566. The molecule has 1 heterocycles. The molecule has 30 heavy (non-hydrogen) atoms. The van der Waals surface area contributed by atoms with Crippen LogP contribution in [0.2, 0.25) is 0 Å². The third-order valence-electron chi connectivity index (χ3n) is 4.51. The Labute approximate surface area is 173 Å². The van der Waals surface area contributed by atoms with E-state index in [9.17, 15) is 13.2 Å². The molecule has 0 saturated carbocycles. The van der Waals surface area contributed by atoms with Gasteiger partial charge in [0.25, 0.3) is 10.0 Å². The highest BCUT2D eigenvalue weighted by atomic mass is 32.2. The zero-order valence-electron chi connectivity index (χ0n) is 15.7. The van der Waals surface area contributed by atoms with E-state index in [4.69, 9.17) is 5.26 Å². The Balaban J connectivity index is 1.68. The highest BCUT2D eigenvalue weighted by molar-refractivity contribution is 7.89. The standard InChI is InChI=1S/C22H16N4O3S/c23-14-16-7-6-10-18(13-16)24-21(27)15-26-25-22(17-8-2-1-3-9-17)19-11-4-5-12-20(19)30(26,28)29/h1-13H,15H2,(H,24,27). The fraction of sp³-hybridized carbons (Fsp3) is 0.0455.